The third-order valence-electron chi connectivity index (χ3n) is 5.23. The number of rotatable bonds is 3. The van der Waals surface area contributed by atoms with Crippen LogP contribution in [0, 0.1) is 0 Å². The zero-order chi connectivity index (χ0) is 21.0. The summed E-state index contributed by atoms with van der Waals surface area (Å²) in [6.45, 7) is 0. The van der Waals surface area contributed by atoms with Crippen molar-refractivity contribution in [3.8, 4) is 11.3 Å². The van der Waals surface area contributed by atoms with Crippen molar-refractivity contribution in [3.63, 3.8) is 0 Å². The normalized spacial score (nSPS) is 18.6. The van der Waals surface area contributed by atoms with Crippen molar-refractivity contribution in [1.29, 1.82) is 0 Å². The lowest BCUT2D eigenvalue weighted by Gasteiger charge is -2.08. The second-order valence-corrected chi connectivity index (χ2v) is 7.11. The van der Waals surface area contributed by atoms with Crippen LogP contribution >= 0.6 is 0 Å². The van der Waals surface area contributed by atoms with Crippen molar-refractivity contribution >= 4 is 5.65 Å². The van der Waals surface area contributed by atoms with E-state index in [9.17, 15) is 22.8 Å². The van der Waals surface area contributed by atoms with E-state index in [1.807, 2.05) is 0 Å². The summed E-state index contributed by atoms with van der Waals surface area (Å²) in [6.07, 6.45) is -1.04. The second kappa shape index (κ2) is 6.37. The van der Waals surface area contributed by atoms with Crippen LogP contribution in [-0.2, 0) is 6.18 Å². The van der Waals surface area contributed by atoms with Gasteiger partial charge in [0.2, 0.25) is 0 Å². The molecule has 5 rings (SSSR count). The lowest BCUT2D eigenvalue weighted by atomic mass is 10.0. The van der Waals surface area contributed by atoms with Gasteiger partial charge in [0, 0.05) is 11.8 Å². The second-order valence-electron chi connectivity index (χ2n) is 7.11. The molecule has 4 aromatic rings. The van der Waals surface area contributed by atoms with Gasteiger partial charge in [-0.25, -0.2) is 9.78 Å². The fourth-order valence-corrected chi connectivity index (χ4v) is 3.67. The first-order chi connectivity index (χ1) is 14.3. The maximum absolute atomic E-state index is 12.8. The Hall–Kier alpha value is -3.76. The van der Waals surface area contributed by atoms with E-state index in [0.29, 0.717) is 11.3 Å². The van der Waals surface area contributed by atoms with Crippen LogP contribution in [0.15, 0.2) is 52.4 Å². The number of alkyl halides is 3. The van der Waals surface area contributed by atoms with Crippen molar-refractivity contribution in [1.82, 2.24) is 29.8 Å². The predicted molar refractivity (Wildman–Crippen MR) is 99.0 cm³/mol. The minimum Gasteiger partial charge on any atom is -0.313 e. The zero-order valence-electron chi connectivity index (χ0n) is 15.1. The smallest absolute Gasteiger partial charge is 0.313 e. The van der Waals surface area contributed by atoms with Crippen molar-refractivity contribution in [2.24, 2.45) is 0 Å². The highest BCUT2D eigenvalue weighted by atomic mass is 19.4. The molecule has 0 amide bonds. The van der Waals surface area contributed by atoms with Gasteiger partial charge in [0.05, 0.1) is 11.1 Å². The van der Waals surface area contributed by atoms with E-state index in [4.69, 9.17) is 0 Å². The molecule has 1 saturated carbocycles. The Morgan fingerprint density at radius 3 is 2.57 bits per heavy atom. The summed E-state index contributed by atoms with van der Waals surface area (Å²) in [5.74, 6) is 0.0222. The molecule has 11 heteroatoms. The topological polar surface area (TPSA) is 109 Å². The molecule has 30 heavy (non-hydrogen) atoms. The fraction of sp³-hybridized carbons (Fsp3) is 0.211. The summed E-state index contributed by atoms with van der Waals surface area (Å²) < 4.78 is 39.7. The van der Waals surface area contributed by atoms with Crippen LogP contribution in [0.1, 0.15) is 34.9 Å². The number of hydrogen-bond acceptors (Lipinski definition) is 5. The first-order valence-electron chi connectivity index (χ1n) is 9.02. The highest BCUT2D eigenvalue weighted by Crippen LogP contribution is 2.55. The molecule has 0 bridgehead atoms. The lowest BCUT2D eigenvalue weighted by molar-refractivity contribution is -0.137. The largest absolute Gasteiger partial charge is 0.416 e. The average Bonchev–Trinajstić information content (AvgIpc) is 3.35. The molecule has 3 heterocycles. The molecular weight excluding hydrogens is 401 g/mol. The Bertz CT molecular complexity index is 1370. The molecular formula is C19H13F3N6O2. The summed E-state index contributed by atoms with van der Waals surface area (Å²) >= 11 is 0. The van der Waals surface area contributed by atoms with Crippen LogP contribution in [0.5, 0.6) is 0 Å². The van der Waals surface area contributed by atoms with E-state index in [-0.39, 0.29) is 17.4 Å². The number of halogens is 3. The number of aromatic amines is 2. The zero-order valence-corrected chi connectivity index (χ0v) is 15.1. The minimum atomic E-state index is -4.38. The van der Waals surface area contributed by atoms with E-state index in [0.717, 1.165) is 29.7 Å². The van der Waals surface area contributed by atoms with Gasteiger partial charge < -0.3 is 4.98 Å². The van der Waals surface area contributed by atoms with Crippen molar-refractivity contribution in [3.05, 3.63) is 80.4 Å². The van der Waals surface area contributed by atoms with Crippen molar-refractivity contribution in [2.45, 2.75) is 24.4 Å². The van der Waals surface area contributed by atoms with E-state index in [1.165, 1.54) is 29.3 Å². The van der Waals surface area contributed by atoms with Crippen LogP contribution < -0.4 is 11.2 Å². The molecule has 1 fully saturated rings. The van der Waals surface area contributed by atoms with Crippen LogP contribution in [0.3, 0.4) is 0 Å². The summed E-state index contributed by atoms with van der Waals surface area (Å²) in [6, 6.07) is 6.85. The van der Waals surface area contributed by atoms with Crippen LogP contribution in [0.25, 0.3) is 16.9 Å². The van der Waals surface area contributed by atoms with E-state index >= 15 is 0 Å². The number of aromatic nitrogens is 6. The molecule has 0 saturated heterocycles. The monoisotopic (exact) mass is 414 g/mol. The lowest BCUT2D eigenvalue weighted by Crippen LogP contribution is -2.23. The molecule has 2 N–H and O–H groups in total. The maximum atomic E-state index is 12.8. The Morgan fingerprint density at radius 2 is 1.87 bits per heavy atom. The Kier molecular flexibility index (Phi) is 3.88. The third kappa shape index (κ3) is 3.08. The fourth-order valence-electron chi connectivity index (χ4n) is 3.67. The van der Waals surface area contributed by atoms with Crippen LogP contribution in [0.2, 0.25) is 0 Å². The number of H-pyrrole nitrogens is 2. The quantitative estimate of drug-likeness (QED) is 0.535. The first kappa shape index (κ1) is 18.3. The van der Waals surface area contributed by atoms with Gasteiger partial charge in [0.25, 0.3) is 5.56 Å². The molecule has 0 radical (unpaired) electrons. The average molecular weight is 414 g/mol. The predicted octanol–water partition coefficient (Wildman–Crippen LogP) is 2.46. The molecule has 152 valence electrons. The molecule has 1 aliphatic carbocycles. The standard InChI is InChI=1S/C19H13F3N6O2/c20-19(21,22)10-3-1-9(2-4-10)11-5-12(11)13-6-15(27-28-16(13)24-8-25-28)14-7-23-18(30)26-17(14)29/h1-4,6-8,11-12H,5H2,(H2,23,26,29,30)/t11-,12+/m1/s1. The van der Waals surface area contributed by atoms with Gasteiger partial charge in [-0.3, -0.25) is 9.78 Å². The summed E-state index contributed by atoms with van der Waals surface area (Å²) in [7, 11) is 0. The number of nitrogens with zero attached hydrogens (tertiary/aromatic N) is 4. The highest BCUT2D eigenvalue weighted by Gasteiger charge is 2.42. The molecule has 1 aliphatic rings. The SMILES string of the molecule is O=c1[nH]cc(-c2cc([C@H]3C[C@@H]3c3ccc(C(F)(F)F)cc3)c3ncnn3n2)c(=O)[nH]1. The molecule has 0 aliphatic heterocycles. The van der Waals surface area contributed by atoms with Crippen molar-refractivity contribution in [2.75, 3.05) is 0 Å². The Labute approximate surface area is 165 Å². The van der Waals surface area contributed by atoms with Gasteiger partial charge in [-0.1, -0.05) is 12.1 Å². The van der Waals surface area contributed by atoms with Gasteiger partial charge in [0.15, 0.2) is 5.65 Å². The minimum absolute atomic E-state index is 0.00275. The molecule has 0 spiro atoms. The summed E-state index contributed by atoms with van der Waals surface area (Å²) in [4.78, 5) is 32.2. The van der Waals surface area contributed by atoms with Gasteiger partial charge in [-0.2, -0.15) is 13.2 Å². The van der Waals surface area contributed by atoms with Gasteiger partial charge in [-0.15, -0.1) is 14.8 Å². The highest BCUT2D eigenvalue weighted by molar-refractivity contribution is 5.63. The maximum Gasteiger partial charge on any atom is 0.416 e. The Balaban J connectivity index is 1.53. The molecule has 0 unspecified atom stereocenters. The Morgan fingerprint density at radius 1 is 1.10 bits per heavy atom. The number of benzene rings is 1. The third-order valence-corrected chi connectivity index (χ3v) is 5.23. The first-order valence-corrected chi connectivity index (χ1v) is 9.02. The summed E-state index contributed by atoms with van der Waals surface area (Å²) in [5, 5.41) is 8.32. The van der Waals surface area contributed by atoms with Gasteiger partial charge in [0.1, 0.15) is 12.0 Å². The molecule has 2 atom stereocenters. The van der Waals surface area contributed by atoms with Gasteiger partial charge in [-0.05, 0) is 42.0 Å². The molecule has 8 nitrogen and oxygen atoms in total. The number of nitrogens with one attached hydrogen (secondary N) is 2. The van der Waals surface area contributed by atoms with Crippen LogP contribution in [-0.4, -0.2) is 29.8 Å². The summed E-state index contributed by atoms with van der Waals surface area (Å²) in [5.41, 5.74) is 0.658. The number of hydrogen-bond donors (Lipinski definition) is 2. The van der Waals surface area contributed by atoms with E-state index < -0.39 is 23.0 Å². The molecule has 3 aromatic heterocycles. The number of fused-ring (bicyclic) bond motifs is 1. The van der Waals surface area contributed by atoms with Gasteiger partial charge >= 0.3 is 11.9 Å². The van der Waals surface area contributed by atoms with Crippen molar-refractivity contribution < 1.29 is 13.2 Å². The van der Waals surface area contributed by atoms with E-state index in [1.54, 1.807) is 6.07 Å². The molecule has 1 aromatic carbocycles. The van der Waals surface area contributed by atoms with Crippen LogP contribution in [0.4, 0.5) is 13.2 Å². The van der Waals surface area contributed by atoms with E-state index in [2.05, 4.69) is 25.1 Å².